The average Bonchev–Trinajstić information content (AvgIpc) is 3.05. The second kappa shape index (κ2) is 12.5. The molecule has 0 amide bonds. The summed E-state index contributed by atoms with van der Waals surface area (Å²) in [6, 6.07) is 0. The molecule has 0 fully saturated rings. The van der Waals surface area contributed by atoms with Crippen molar-refractivity contribution < 1.29 is 0 Å². The Hall–Kier alpha value is -1.30. The van der Waals surface area contributed by atoms with E-state index in [4.69, 9.17) is 0 Å². The van der Waals surface area contributed by atoms with E-state index in [1.54, 1.807) is 11.1 Å². The minimum Gasteiger partial charge on any atom is -0.103 e. The Balaban J connectivity index is 2.40. The van der Waals surface area contributed by atoms with Crippen LogP contribution in [0.2, 0.25) is 0 Å². The summed E-state index contributed by atoms with van der Waals surface area (Å²) in [5.41, 5.74) is 5.43. The minimum atomic E-state index is 0.113. The Morgan fingerprint density at radius 2 is 1.37 bits per heavy atom. The van der Waals surface area contributed by atoms with Crippen molar-refractivity contribution in [2.75, 3.05) is 0 Å². The molecular weight excluding hydrogens is 360 g/mol. The molecule has 2 aliphatic carbocycles. The number of allylic oxidation sites excluding steroid dienone is 8. The van der Waals surface area contributed by atoms with Crippen LogP contribution in [0, 0.1) is 10.8 Å². The number of unbranched alkanes of at least 4 members (excludes halogenated alkanes) is 6. The maximum atomic E-state index is 4.05. The van der Waals surface area contributed by atoms with Crippen LogP contribution in [-0.4, -0.2) is 0 Å². The fourth-order valence-electron chi connectivity index (χ4n) is 5.79. The van der Waals surface area contributed by atoms with E-state index in [9.17, 15) is 0 Å². The molecule has 2 rings (SSSR count). The summed E-state index contributed by atoms with van der Waals surface area (Å²) >= 11 is 0. The van der Waals surface area contributed by atoms with Gasteiger partial charge in [-0.15, -0.1) is 13.2 Å². The lowest BCUT2D eigenvalue weighted by Crippen LogP contribution is -2.28. The van der Waals surface area contributed by atoms with E-state index in [1.807, 2.05) is 0 Å². The normalized spacial score (nSPS) is 19.0. The maximum Gasteiger partial charge on any atom is 0.0145 e. The maximum absolute atomic E-state index is 4.05. The molecule has 30 heavy (non-hydrogen) atoms. The van der Waals surface area contributed by atoms with E-state index in [-0.39, 0.29) is 5.41 Å². The molecule has 0 spiro atoms. The third-order valence-corrected chi connectivity index (χ3v) is 7.43. The SMILES string of the molecule is C=CCC1(CC=C)C=C2C=C(CCCCC)C(CCCCC)(CCCCC)CC2=C1. The second-order valence-corrected chi connectivity index (χ2v) is 9.99. The summed E-state index contributed by atoms with van der Waals surface area (Å²) in [6.07, 6.45) is 31.5. The van der Waals surface area contributed by atoms with E-state index in [0.29, 0.717) is 5.41 Å². The molecule has 0 saturated carbocycles. The van der Waals surface area contributed by atoms with Crippen LogP contribution in [0.25, 0.3) is 0 Å². The summed E-state index contributed by atoms with van der Waals surface area (Å²) in [5.74, 6) is 0. The molecule has 0 heterocycles. The molecule has 0 aliphatic heterocycles. The van der Waals surface area contributed by atoms with Gasteiger partial charge in [-0.1, -0.05) is 108 Å². The molecule has 0 radical (unpaired) electrons. The van der Waals surface area contributed by atoms with Crippen LogP contribution in [-0.2, 0) is 0 Å². The molecule has 0 N–H and O–H groups in total. The van der Waals surface area contributed by atoms with Gasteiger partial charge >= 0.3 is 0 Å². The monoisotopic (exact) mass is 408 g/mol. The van der Waals surface area contributed by atoms with Crippen LogP contribution in [0.4, 0.5) is 0 Å². The van der Waals surface area contributed by atoms with Crippen LogP contribution >= 0.6 is 0 Å². The first-order valence-corrected chi connectivity index (χ1v) is 13.0. The lowest BCUT2D eigenvalue weighted by molar-refractivity contribution is 0.262. The lowest BCUT2D eigenvalue weighted by Gasteiger charge is -2.41. The summed E-state index contributed by atoms with van der Waals surface area (Å²) in [4.78, 5) is 0. The van der Waals surface area contributed by atoms with Gasteiger partial charge in [-0.25, -0.2) is 0 Å². The summed E-state index contributed by atoms with van der Waals surface area (Å²) in [6.45, 7) is 15.1. The van der Waals surface area contributed by atoms with Crippen molar-refractivity contribution in [3.63, 3.8) is 0 Å². The van der Waals surface area contributed by atoms with Crippen LogP contribution in [0.5, 0.6) is 0 Å². The van der Waals surface area contributed by atoms with Gasteiger partial charge in [0.05, 0.1) is 0 Å². The quantitative estimate of drug-likeness (QED) is 0.176. The number of hydrogen-bond acceptors (Lipinski definition) is 0. The van der Waals surface area contributed by atoms with Gasteiger partial charge in [0, 0.05) is 5.41 Å². The van der Waals surface area contributed by atoms with Crippen LogP contribution < -0.4 is 0 Å². The van der Waals surface area contributed by atoms with Crippen LogP contribution in [0.15, 0.2) is 60.3 Å². The van der Waals surface area contributed by atoms with E-state index < -0.39 is 0 Å². The lowest BCUT2D eigenvalue weighted by atomic mass is 9.63. The number of fused-ring (bicyclic) bond motifs is 1. The number of hydrogen-bond donors (Lipinski definition) is 0. The minimum absolute atomic E-state index is 0.113. The highest BCUT2D eigenvalue weighted by Crippen LogP contribution is 2.55. The van der Waals surface area contributed by atoms with Gasteiger partial charge in [0.1, 0.15) is 0 Å². The van der Waals surface area contributed by atoms with Crippen molar-refractivity contribution in [2.45, 2.75) is 117 Å². The highest BCUT2D eigenvalue weighted by Gasteiger charge is 2.41. The molecule has 0 nitrogen and oxygen atoms in total. The van der Waals surface area contributed by atoms with Gasteiger partial charge < -0.3 is 0 Å². The summed E-state index contributed by atoms with van der Waals surface area (Å²) in [7, 11) is 0. The Labute approximate surface area is 188 Å². The largest absolute Gasteiger partial charge is 0.103 e. The predicted octanol–water partition coefficient (Wildman–Crippen LogP) is 10.0. The molecule has 2 aliphatic rings. The molecule has 0 atom stereocenters. The van der Waals surface area contributed by atoms with Gasteiger partial charge in [0.2, 0.25) is 0 Å². The van der Waals surface area contributed by atoms with E-state index >= 15 is 0 Å². The molecule has 0 heteroatoms. The first kappa shape index (κ1) is 25.0. The zero-order valence-electron chi connectivity index (χ0n) is 20.4. The van der Waals surface area contributed by atoms with Gasteiger partial charge in [0.15, 0.2) is 0 Å². The van der Waals surface area contributed by atoms with Crippen molar-refractivity contribution in [3.8, 4) is 0 Å². The van der Waals surface area contributed by atoms with Crippen molar-refractivity contribution in [3.05, 3.63) is 60.3 Å². The highest BCUT2D eigenvalue weighted by atomic mass is 14.4. The first-order chi connectivity index (χ1) is 14.6. The Morgan fingerprint density at radius 1 is 0.800 bits per heavy atom. The van der Waals surface area contributed by atoms with E-state index in [2.05, 4.69) is 64.3 Å². The van der Waals surface area contributed by atoms with Crippen molar-refractivity contribution >= 4 is 0 Å². The van der Waals surface area contributed by atoms with Gasteiger partial charge in [-0.2, -0.15) is 0 Å². The third kappa shape index (κ3) is 6.35. The fraction of sp³-hybridized carbons (Fsp3) is 0.667. The predicted molar refractivity (Wildman–Crippen MR) is 136 cm³/mol. The molecule has 0 saturated heterocycles. The zero-order chi connectivity index (χ0) is 21.9. The Kier molecular flexibility index (Phi) is 10.4. The molecule has 0 unspecified atom stereocenters. The summed E-state index contributed by atoms with van der Waals surface area (Å²) < 4.78 is 0. The van der Waals surface area contributed by atoms with Crippen molar-refractivity contribution in [2.24, 2.45) is 10.8 Å². The second-order valence-electron chi connectivity index (χ2n) is 9.99. The van der Waals surface area contributed by atoms with Crippen LogP contribution in [0.3, 0.4) is 0 Å². The van der Waals surface area contributed by atoms with E-state index in [0.717, 1.165) is 12.8 Å². The molecule has 0 aromatic rings. The molecule has 0 aromatic carbocycles. The third-order valence-electron chi connectivity index (χ3n) is 7.43. The van der Waals surface area contributed by atoms with Crippen LogP contribution in [0.1, 0.15) is 117 Å². The molecular formula is C30H48. The average molecular weight is 409 g/mol. The number of rotatable bonds is 16. The van der Waals surface area contributed by atoms with Gasteiger partial charge in [-0.3, -0.25) is 0 Å². The van der Waals surface area contributed by atoms with Gasteiger partial charge in [0.25, 0.3) is 0 Å². The summed E-state index contributed by atoms with van der Waals surface area (Å²) in [5, 5.41) is 0. The molecule has 0 aromatic heterocycles. The fourth-order valence-corrected chi connectivity index (χ4v) is 5.79. The standard InChI is InChI=1S/C30H48/c1-6-11-14-17-28-22-26-23-29(18-9-4,19-10-5)24-27(26)25-30(28,20-15-12-7-2)21-16-13-8-3/h9-10,22-24H,4-8,11-21,25H2,1-3H3. The smallest absolute Gasteiger partial charge is 0.0145 e. The molecule has 168 valence electrons. The zero-order valence-corrected chi connectivity index (χ0v) is 20.4. The van der Waals surface area contributed by atoms with Crippen molar-refractivity contribution in [1.82, 2.24) is 0 Å². The Morgan fingerprint density at radius 3 is 1.90 bits per heavy atom. The molecule has 0 bridgehead atoms. The van der Waals surface area contributed by atoms with Gasteiger partial charge in [-0.05, 0) is 61.5 Å². The van der Waals surface area contributed by atoms with Crippen molar-refractivity contribution in [1.29, 1.82) is 0 Å². The highest BCUT2D eigenvalue weighted by molar-refractivity contribution is 5.55. The first-order valence-electron chi connectivity index (χ1n) is 13.0. The Bertz CT molecular complexity index is 619. The van der Waals surface area contributed by atoms with E-state index in [1.165, 1.54) is 89.0 Å². The topological polar surface area (TPSA) is 0 Å².